The Morgan fingerprint density at radius 3 is 1.75 bits per heavy atom. The SMILES string of the molecule is C.CCCO.Oc1ccccc1. The highest BCUT2D eigenvalue weighted by Gasteiger charge is 1.74. The molecule has 0 amide bonds. The maximum absolute atomic E-state index is 8.63. The number of hydrogen-bond acceptors (Lipinski definition) is 2. The summed E-state index contributed by atoms with van der Waals surface area (Å²) in [7, 11) is 0. The highest BCUT2D eigenvalue weighted by molar-refractivity contribution is 5.18. The number of hydrogen-bond donors (Lipinski definition) is 2. The fourth-order valence-electron chi connectivity index (χ4n) is 0.428. The topological polar surface area (TPSA) is 40.5 Å². The Morgan fingerprint density at radius 2 is 1.58 bits per heavy atom. The van der Waals surface area contributed by atoms with Crippen molar-refractivity contribution in [3.63, 3.8) is 0 Å². The summed E-state index contributed by atoms with van der Waals surface area (Å²) in [5.74, 6) is 0.322. The fraction of sp³-hybridized carbons (Fsp3) is 0.400. The molecular formula is C10H18O2. The van der Waals surface area contributed by atoms with Crippen molar-refractivity contribution >= 4 is 0 Å². The molecule has 0 aliphatic heterocycles. The van der Waals surface area contributed by atoms with Crippen molar-refractivity contribution in [3.05, 3.63) is 30.3 Å². The van der Waals surface area contributed by atoms with Crippen molar-refractivity contribution < 1.29 is 10.2 Å². The molecule has 0 radical (unpaired) electrons. The molecule has 1 aromatic rings. The maximum atomic E-state index is 8.63. The largest absolute Gasteiger partial charge is 0.508 e. The van der Waals surface area contributed by atoms with Crippen LogP contribution >= 0.6 is 0 Å². The van der Waals surface area contributed by atoms with Crippen LogP contribution in [0.2, 0.25) is 0 Å². The van der Waals surface area contributed by atoms with Gasteiger partial charge in [0.25, 0.3) is 0 Å². The lowest BCUT2D eigenvalue weighted by molar-refractivity contribution is 0.295. The van der Waals surface area contributed by atoms with Crippen LogP contribution in [0.25, 0.3) is 0 Å². The van der Waals surface area contributed by atoms with Gasteiger partial charge >= 0.3 is 0 Å². The number of para-hydroxylation sites is 1. The first-order chi connectivity index (χ1) is 5.31. The summed E-state index contributed by atoms with van der Waals surface area (Å²) in [6.07, 6.45) is 0.875. The van der Waals surface area contributed by atoms with Gasteiger partial charge in [-0.3, -0.25) is 0 Å². The predicted molar refractivity (Wildman–Crippen MR) is 52.2 cm³/mol. The molecule has 1 aromatic carbocycles. The Hall–Kier alpha value is -1.02. The lowest BCUT2D eigenvalue weighted by Crippen LogP contribution is -1.69. The summed E-state index contributed by atoms with van der Waals surface area (Å²) in [5.41, 5.74) is 0. The first-order valence-corrected chi connectivity index (χ1v) is 3.66. The molecule has 0 heterocycles. The minimum atomic E-state index is 0. The molecule has 0 aliphatic rings. The van der Waals surface area contributed by atoms with Gasteiger partial charge in [0.2, 0.25) is 0 Å². The molecule has 0 atom stereocenters. The highest BCUT2D eigenvalue weighted by atomic mass is 16.3. The molecule has 12 heavy (non-hydrogen) atoms. The number of rotatable bonds is 1. The van der Waals surface area contributed by atoms with E-state index >= 15 is 0 Å². The number of phenols is 1. The van der Waals surface area contributed by atoms with E-state index in [2.05, 4.69) is 0 Å². The molecule has 0 unspecified atom stereocenters. The van der Waals surface area contributed by atoms with E-state index in [0.717, 1.165) is 6.42 Å². The van der Waals surface area contributed by atoms with Gasteiger partial charge < -0.3 is 10.2 Å². The zero-order chi connectivity index (χ0) is 8.53. The van der Waals surface area contributed by atoms with Crippen molar-refractivity contribution in [1.29, 1.82) is 0 Å². The second kappa shape index (κ2) is 9.98. The predicted octanol–water partition coefficient (Wildman–Crippen LogP) is 2.42. The van der Waals surface area contributed by atoms with Gasteiger partial charge in [0.1, 0.15) is 5.75 Å². The third-order valence-corrected chi connectivity index (χ3v) is 0.980. The number of aromatic hydroxyl groups is 1. The fourth-order valence-corrected chi connectivity index (χ4v) is 0.428. The normalized spacial score (nSPS) is 7.50. The van der Waals surface area contributed by atoms with Crippen molar-refractivity contribution in [2.75, 3.05) is 6.61 Å². The average Bonchev–Trinajstić information content (AvgIpc) is 2.07. The molecule has 0 saturated heterocycles. The van der Waals surface area contributed by atoms with E-state index in [1.165, 1.54) is 0 Å². The van der Waals surface area contributed by atoms with Crippen LogP contribution < -0.4 is 0 Å². The summed E-state index contributed by atoms with van der Waals surface area (Å²) in [6, 6.07) is 8.71. The Bertz CT molecular complexity index is 159. The van der Waals surface area contributed by atoms with Crippen molar-refractivity contribution in [3.8, 4) is 5.75 Å². The zero-order valence-corrected chi connectivity index (χ0v) is 6.70. The second-order valence-corrected chi connectivity index (χ2v) is 2.06. The van der Waals surface area contributed by atoms with Crippen LogP contribution in [-0.2, 0) is 0 Å². The average molecular weight is 170 g/mol. The standard InChI is InChI=1S/C6H6O.C3H8O.CH4/c7-6-4-2-1-3-5-6;1-2-3-4;/h1-5,7H;4H,2-3H2,1H3;1H4. The first kappa shape index (κ1) is 13.6. The van der Waals surface area contributed by atoms with Gasteiger partial charge in [0.15, 0.2) is 0 Å². The van der Waals surface area contributed by atoms with Crippen LogP contribution in [0.3, 0.4) is 0 Å². The third-order valence-electron chi connectivity index (χ3n) is 0.980. The molecular weight excluding hydrogens is 152 g/mol. The van der Waals surface area contributed by atoms with Gasteiger partial charge in [-0.05, 0) is 18.6 Å². The maximum Gasteiger partial charge on any atom is 0.115 e. The summed E-state index contributed by atoms with van der Waals surface area (Å²) in [5, 5.41) is 16.5. The highest BCUT2D eigenvalue weighted by Crippen LogP contribution is 2.02. The molecule has 0 aliphatic carbocycles. The van der Waals surface area contributed by atoms with Crippen LogP contribution in [0.4, 0.5) is 0 Å². The molecule has 0 fully saturated rings. The van der Waals surface area contributed by atoms with Crippen LogP contribution in [0.1, 0.15) is 20.8 Å². The van der Waals surface area contributed by atoms with Gasteiger partial charge in [-0.15, -0.1) is 0 Å². The number of aliphatic hydroxyl groups excluding tert-OH is 1. The van der Waals surface area contributed by atoms with Crippen molar-refractivity contribution in [2.24, 2.45) is 0 Å². The van der Waals surface area contributed by atoms with E-state index in [0.29, 0.717) is 12.4 Å². The zero-order valence-electron chi connectivity index (χ0n) is 6.70. The third kappa shape index (κ3) is 8.98. The molecule has 0 saturated carbocycles. The molecule has 0 aromatic heterocycles. The van der Waals surface area contributed by atoms with Gasteiger partial charge in [-0.25, -0.2) is 0 Å². The van der Waals surface area contributed by atoms with E-state index in [-0.39, 0.29) is 7.43 Å². The van der Waals surface area contributed by atoms with Gasteiger partial charge in [-0.2, -0.15) is 0 Å². The van der Waals surface area contributed by atoms with Gasteiger partial charge in [0.05, 0.1) is 0 Å². The van der Waals surface area contributed by atoms with E-state index in [1.807, 2.05) is 13.0 Å². The molecule has 2 nitrogen and oxygen atoms in total. The minimum Gasteiger partial charge on any atom is -0.508 e. The summed E-state index contributed by atoms with van der Waals surface area (Å²) in [4.78, 5) is 0. The molecule has 2 N–H and O–H groups in total. The summed E-state index contributed by atoms with van der Waals surface area (Å²) < 4.78 is 0. The minimum absolute atomic E-state index is 0. The molecule has 2 heteroatoms. The number of benzene rings is 1. The molecule has 70 valence electrons. The van der Waals surface area contributed by atoms with E-state index in [1.54, 1.807) is 24.3 Å². The Labute approximate surface area is 74.5 Å². The van der Waals surface area contributed by atoms with Crippen LogP contribution in [-0.4, -0.2) is 16.8 Å². The lowest BCUT2D eigenvalue weighted by Gasteiger charge is -1.82. The number of aliphatic hydroxyl groups is 1. The monoisotopic (exact) mass is 170 g/mol. The Kier molecular flexibility index (Phi) is 11.3. The molecule has 0 bridgehead atoms. The lowest BCUT2D eigenvalue weighted by atomic mass is 10.3. The Balaban J connectivity index is 0. The molecule has 0 spiro atoms. The van der Waals surface area contributed by atoms with E-state index < -0.39 is 0 Å². The number of phenolic OH excluding ortho intramolecular Hbond substituents is 1. The summed E-state index contributed by atoms with van der Waals surface area (Å²) in [6.45, 7) is 2.25. The smallest absolute Gasteiger partial charge is 0.115 e. The quantitative estimate of drug-likeness (QED) is 0.679. The van der Waals surface area contributed by atoms with Crippen LogP contribution in [0.15, 0.2) is 30.3 Å². The van der Waals surface area contributed by atoms with Gasteiger partial charge in [-0.1, -0.05) is 32.5 Å². The second-order valence-electron chi connectivity index (χ2n) is 2.06. The first-order valence-electron chi connectivity index (χ1n) is 3.66. The molecule has 1 rings (SSSR count). The summed E-state index contributed by atoms with van der Waals surface area (Å²) >= 11 is 0. The van der Waals surface area contributed by atoms with E-state index in [9.17, 15) is 0 Å². The van der Waals surface area contributed by atoms with Crippen LogP contribution in [0.5, 0.6) is 5.75 Å². The van der Waals surface area contributed by atoms with Crippen molar-refractivity contribution in [2.45, 2.75) is 20.8 Å². The van der Waals surface area contributed by atoms with Crippen molar-refractivity contribution in [1.82, 2.24) is 0 Å². The Morgan fingerprint density at radius 1 is 1.17 bits per heavy atom. The van der Waals surface area contributed by atoms with Gasteiger partial charge in [0, 0.05) is 6.61 Å². The van der Waals surface area contributed by atoms with Crippen LogP contribution in [0, 0.1) is 0 Å². The van der Waals surface area contributed by atoms with E-state index in [4.69, 9.17) is 10.2 Å².